The Hall–Kier alpha value is -1.47. The van der Waals surface area contributed by atoms with E-state index in [1.165, 1.54) is 6.26 Å². The summed E-state index contributed by atoms with van der Waals surface area (Å²) in [6.45, 7) is 1.73. The minimum Gasteiger partial charge on any atom is -0.337 e. The molecule has 0 radical (unpaired) electrons. The van der Waals surface area contributed by atoms with Crippen molar-refractivity contribution in [2.24, 2.45) is 0 Å². The summed E-state index contributed by atoms with van der Waals surface area (Å²) in [5.74, 6) is -0.0400. The molecule has 1 atom stereocenters. The van der Waals surface area contributed by atoms with Gasteiger partial charge in [0.05, 0.1) is 11.8 Å². The van der Waals surface area contributed by atoms with Gasteiger partial charge in [-0.25, -0.2) is 8.42 Å². The van der Waals surface area contributed by atoms with Crippen LogP contribution in [0.5, 0.6) is 0 Å². The highest BCUT2D eigenvalue weighted by Crippen LogP contribution is 2.39. The highest BCUT2D eigenvalue weighted by atomic mass is 32.2. The number of carbonyl (C=O) groups excluding carboxylic acids is 1. The number of amides is 1. The van der Waals surface area contributed by atoms with Gasteiger partial charge in [-0.15, -0.1) is 0 Å². The number of piperidine rings is 1. The highest BCUT2D eigenvalue weighted by molar-refractivity contribution is 7.88. The molecule has 7 heteroatoms. The van der Waals surface area contributed by atoms with Crippen LogP contribution in [-0.2, 0) is 10.0 Å². The molecule has 1 aromatic rings. The second-order valence-electron chi connectivity index (χ2n) is 6.23. The smallest absolute Gasteiger partial charge is 0.254 e. The molecule has 1 aromatic heterocycles. The minimum absolute atomic E-state index is 0.0400. The van der Waals surface area contributed by atoms with Crippen LogP contribution in [0, 0.1) is 0 Å². The maximum Gasteiger partial charge on any atom is 0.254 e. The van der Waals surface area contributed by atoms with Gasteiger partial charge in [-0.2, -0.15) is 4.31 Å². The summed E-state index contributed by atoms with van der Waals surface area (Å²) in [7, 11) is -3.24. The molecule has 2 aliphatic rings. The predicted molar refractivity (Wildman–Crippen MR) is 82.9 cm³/mol. The molecular formula is C15H21N3O3S. The van der Waals surface area contributed by atoms with Crippen molar-refractivity contribution in [3.8, 4) is 0 Å². The number of sulfonamides is 1. The second kappa shape index (κ2) is 5.62. The van der Waals surface area contributed by atoms with Gasteiger partial charge in [0.1, 0.15) is 0 Å². The van der Waals surface area contributed by atoms with Crippen LogP contribution in [-0.4, -0.2) is 59.9 Å². The average Bonchev–Trinajstić information content (AvgIpc) is 2.90. The Labute approximate surface area is 131 Å². The number of hydrogen-bond donors (Lipinski definition) is 0. The van der Waals surface area contributed by atoms with Gasteiger partial charge in [0.2, 0.25) is 10.0 Å². The fraction of sp³-hybridized carbons (Fsp3) is 0.600. The lowest BCUT2D eigenvalue weighted by atomic mass is 9.87. The van der Waals surface area contributed by atoms with Crippen LogP contribution >= 0.6 is 0 Å². The molecule has 3 rings (SSSR count). The Kier molecular flexibility index (Phi) is 3.94. The summed E-state index contributed by atoms with van der Waals surface area (Å²) in [5.41, 5.74) is 0.199. The van der Waals surface area contributed by atoms with E-state index >= 15 is 0 Å². The molecule has 1 spiro atoms. The van der Waals surface area contributed by atoms with Crippen molar-refractivity contribution in [1.29, 1.82) is 0 Å². The molecule has 120 valence electrons. The molecule has 1 amide bonds. The summed E-state index contributed by atoms with van der Waals surface area (Å²) in [6, 6.07) is 3.40. The Morgan fingerprint density at radius 2 is 1.82 bits per heavy atom. The van der Waals surface area contributed by atoms with Crippen molar-refractivity contribution in [1.82, 2.24) is 14.2 Å². The van der Waals surface area contributed by atoms with Crippen LogP contribution < -0.4 is 0 Å². The fourth-order valence-corrected chi connectivity index (χ4v) is 5.21. The van der Waals surface area contributed by atoms with Gasteiger partial charge in [0.15, 0.2) is 0 Å². The zero-order chi connectivity index (χ0) is 15.8. The van der Waals surface area contributed by atoms with E-state index in [-0.39, 0.29) is 5.91 Å². The molecule has 22 heavy (non-hydrogen) atoms. The molecule has 0 aliphatic carbocycles. The van der Waals surface area contributed by atoms with Gasteiger partial charge in [0.25, 0.3) is 5.91 Å². The summed E-state index contributed by atoms with van der Waals surface area (Å²) in [6.07, 6.45) is 7.84. The largest absolute Gasteiger partial charge is 0.337 e. The van der Waals surface area contributed by atoms with E-state index in [0.717, 1.165) is 25.7 Å². The topological polar surface area (TPSA) is 70.6 Å². The third kappa shape index (κ3) is 2.75. The number of nitrogens with zero attached hydrogens (tertiary/aromatic N) is 3. The van der Waals surface area contributed by atoms with Crippen LogP contribution in [0.4, 0.5) is 0 Å². The molecule has 2 saturated heterocycles. The number of pyridine rings is 1. The van der Waals surface area contributed by atoms with E-state index in [2.05, 4.69) is 4.98 Å². The number of rotatable bonds is 2. The Morgan fingerprint density at radius 3 is 2.45 bits per heavy atom. The molecule has 0 unspecified atom stereocenters. The van der Waals surface area contributed by atoms with Crippen LogP contribution in [0.3, 0.4) is 0 Å². The SMILES string of the molecule is CS(=O)(=O)N1CCC[C@@]12CCCN(C(=O)c1ccncc1)C2. The average molecular weight is 323 g/mol. The third-order valence-electron chi connectivity index (χ3n) is 4.70. The van der Waals surface area contributed by atoms with Gasteiger partial charge in [-0.3, -0.25) is 9.78 Å². The van der Waals surface area contributed by atoms with E-state index in [9.17, 15) is 13.2 Å². The van der Waals surface area contributed by atoms with Crippen LogP contribution in [0.2, 0.25) is 0 Å². The molecular weight excluding hydrogens is 302 g/mol. The zero-order valence-electron chi connectivity index (χ0n) is 12.7. The van der Waals surface area contributed by atoms with Crippen molar-refractivity contribution in [3.05, 3.63) is 30.1 Å². The van der Waals surface area contributed by atoms with Gasteiger partial charge in [-0.1, -0.05) is 0 Å². The van der Waals surface area contributed by atoms with Crippen LogP contribution in [0.1, 0.15) is 36.0 Å². The van der Waals surface area contributed by atoms with Gasteiger partial charge in [-0.05, 0) is 37.8 Å². The van der Waals surface area contributed by atoms with E-state index < -0.39 is 15.6 Å². The molecule has 2 aliphatic heterocycles. The molecule has 0 aromatic carbocycles. The summed E-state index contributed by atoms with van der Waals surface area (Å²) in [4.78, 5) is 18.4. The first-order chi connectivity index (χ1) is 10.4. The monoisotopic (exact) mass is 323 g/mol. The molecule has 6 nitrogen and oxygen atoms in total. The van der Waals surface area contributed by atoms with Crippen LogP contribution in [0.15, 0.2) is 24.5 Å². The van der Waals surface area contributed by atoms with E-state index in [4.69, 9.17) is 0 Å². The van der Waals surface area contributed by atoms with Crippen molar-refractivity contribution >= 4 is 15.9 Å². The molecule has 0 bridgehead atoms. The van der Waals surface area contributed by atoms with Crippen molar-refractivity contribution < 1.29 is 13.2 Å². The normalized spacial score (nSPS) is 26.5. The lowest BCUT2D eigenvalue weighted by Gasteiger charge is -2.44. The van der Waals surface area contributed by atoms with E-state index in [1.807, 2.05) is 0 Å². The quantitative estimate of drug-likeness (QED) is 0.817. The number of aromatic nitrogens is 1. The van der Waals surface area contributed by atoms with Crippen molar-refractivity contribution in [2.45, 2.75) is 31.2 Å². The van der Waals surface area contributed by atoms with Crippen molar-refractivity contribution in [3.63, 3.8) is 0 Å². The van der Waals surface area contributed by atoms with Gasteiger partial charge in [0, 0.05) is 37.6 Å². The maximum absolute atomic E-state index is 12.6. The number of likely N-dealkylation sites (tertiary alicyclic amines) is 1. The standard InChI is InChI=1S/C15H21N3O3S/c1-22(20,21)18-11-3-7-15(18)6-2-10-17(12-15)14(19)13-4-8-16-9-5-13/h4-5,8-9H,2-3,6-7,10-12H2,1H3/t15-/m1/s1. The van der Waals surface area contributed by atoms with Crippen molar-refractivity contribution in [2.75, 3.05) is 25.9 Å². The summed E-state index contributed by atoms with van der Waals surface area (Å²) in [5, 5.41) is 0. The van der Waals surface area contributed by atoms with Gasteiger partial charge >= 0.3 is 0 Å². The minimum atomic E-state index is -3.24. The molecule has 3 heterocycles. The molecule has 0 saturated carbocycles. The lowest BCUT2D eigenvalue weighted by Crippen LogP contribution is -2.58. The van der Waals surface area contributed by atoms with Crippen LogP contribution in [0.25, 0.3) is 0 Å². The first-order valence-electron chi connectivity index (χ1n) is 7.60. The fourth-order valence-electron chi connectivity index (χ4n) is 3.80. The molecule has 0 N–H and O–H groups in total. The Balaban J connectivity index is 1.84. The van der Waals surface area contributed by atoms with E-state index in [1.54, 1.807) is 33.7 Å². The lowest BCUT2D eigenvalue weighted by molar-refractivity contribution is 0.0524. The number of hydrogen-bond acceptors (Lipinski definition) is 4. The van der Waals surface area contributed by atoms with E-state index in [0.29, 0.717) is 25.2 Å². The molecule has 2 fully saturated rings. The number of carbonyl (C=O) groups is 1. The Morgan fingerprint density at radius 1 is 1.18 bits per heavy atom. The Bertz CT molecular complexity index is 662. The third-order valence-corrected chi connectivity index (χ3v) is 6.07. The zero-order valence-corrected chi connectivity index (χ0v) is 13.6. The first kappa shape index (κ1) is 15.4. The summed E-state index contributed by atoms with van der Waals surface area (Å²) >= 11 is 0. The van der Waals surface area contributed by atoms with Gasteiger partial charge < -0.3 is 4.90 Å². The highest BCUT2D eigenvalue weighted by Gasteiger charge is 2.48. The predicted octanol–water partition coefficient (Wildman–Crippen LogP) is 1.11. The maximum atomic E-state index is 12.6. The first-order valence-corrected chi connectivity index (χ1v) is 9.44. The summed E-state index contributed by atoms with van der Waals surface area (Å²) < 4.78 is 25.8. The second-order valence-corrected chi connectivity index (χ2v) is 8.14.